The Morgan fingerprint density at radius 3 is 2.50 bits per heavy atom. The minimum absolute atomic E-state index is 0.0963. The van der Waals surface area contributed by atoms with E-state index >= 15 is 0 Å². The van der Waals surface area contributed by atoms with Crippen LogP contribution in [0.2, 0.25) is 0 Å². The number of rotatable bonds is 4. The number of thiazole rings is 1. The van der Waals surface area contributed by atoms with Crippen LogP contribution in [0.25, 0.3) is 10.3 Å². The van der Waals surface area contributed by atoms with Crippen molar-refractivity contribution >= 4 is 39.1 Å². The van der Waals surface area contributed by atoms with E-state index < -0.39 is 11.7 Å². The van der Waals surface area contributed by atoms with Crippen molar-refractivity contribution in [2.75, 3.05) is 24.1 Å². The lowest BCUT2D eigenvalue weighted by Crippen LogP contribution is -2.28. The highest BCUT2D eigenvalue weighted by Gasteiger charge is 2.30. The van der Waals surface area contributed by atoms with Crippen molar-refractivity contribution in [2.24, 2.45) is 5.92 Å². The van der Waals surface area contributed by atoms with Crippen LogP contribution < -0.4 is 16.4 Å². The van der Waals surface area contributed by atoms with Gasteiger partial charge in [0.1, 0.15) is 5.52 Å². The number of hydrogen-bond donors (Lipinski definition) is 3. The predicted octanol–water partition coefficient (Wildman–Crippen LogP) is 3.97. The van der Waals surface area contributed by atoms with Gasteiger partial charge in [0.05, 0.1) is 10.6 Å². The van der Waals surface area contributed by atoms with Crippen LogP contribution in [0.3, 0.4) is 0 Å². The van der Waals surface area contributed by atoms with Crippen LogP contribution in [0.5, 0.6) is 0 Å². The number of nitrogens with zero attached hydrogens (tertiary/aromatic N) is 3. The molecule has 1 fully saturated rings. The van der Waals surface area contributed by atoms with Gasteiger partial charge in [0, 0.05) is 12.1 Å². The lowest BCUT2D eigenvalue weighted by atomic mass is 9.95. The quantitative estimate of drug-likeness (QED) is 0.605. The number of piperidine rings is 1. The maximum Gasteiger partial charge on any atom is 0.416 e. The highest BCUT2D eigenvalue weighted by molar-refractivity contribution is 7.18. The zero-order chi connectivity index (χ0) is 19.7. The molecule has 3 heterocycles. The summed E-state index contributed by atoms with van der Waals surface area (Å²) in [5, 5.41) is 7.34. The van der Waals surface area contributed by atoms with Gasteiger partial charge in [-0.2, -0.15) is 18.2 Å². The van der Waals surface area contributed by atoms with Gasteiger partial charge >= 0.3 is 6.18 Å². The second-order valence-corrected chi connectivity index (χ2v) is 7.85. The molecule has 3 aromatic rings. The van der Waals surface area contributed by atoms with Crippen LogP contribution in [0, 0.1) is 5.92 Å². The van der Waals surface area contributed by atoms with E-state index in [-0.39, 0.29) is 5.95 Å². The van der Waals surface area contributed by atoms with E-state index in [1.54, 1.807) is 0 Å². The maximum atomic E-state index is 12.7. The molecule has 0 bridgehead atoms. The lowest BCUT2D eigenvalue weighted by molar-refractivity contribution is -0.137. The van der Waals surface area contributed by atoms with Crippen molar-refractivity contribution < 1.29 is 13.2 Å². The van der Waals surface area contributed by atoms with Gasteiger partial charge in [-0.1, -0.05) is 11.3 Å². The summed E-state index contributed by atoms with van der Waals surface area (Å²) < 4.78 is 38.2. The SMILES string of the molecule is Nc1nc(Nc2ccc(C(F)(F)F)cc2)c2nc(CC3CCNCC3)sc2n1. The molecule has 1 saturated heterocycles. The molecule has 28 heavy (non-hydrogen) atoms. The van der Waals surface area contributed by atoms with Gasteiger partial charge in [-0.05, 0) is 56.1 Å². The summed E-state index contributed by atoms with van der Waals surface area (Å²) in [6, 6.07) is 4.76. The summed E-state index contributed by atoms with van der Waals surface area (Å²) in [4.78, 5) is 13.8. The third kappa shape index (κ3) is 4.17. The zero-order valence-electron chi connectivity index (χ0n) is 14.9. The van der Waals surface area contributed by atoms with Gasteiger partial charge in [0.15, 0.2) is 10.6 Å². The zero-order valence-corrected chi connectivity index (χ0v) is 15.7. The Bertz CT molecular complexity index is 964. The summed E-state index contributed by atoms with van der Waals surface area (Å²) in [6.07, 6.45) is -1.27. The molecule has 0 saturated carbocycles. The number of nitrogen functional groups attached to an aromatic ring is 1. The molecule has 10 heteroatoms. The topological polar surface area (TPSA) is 88.8 Å². The molecule has 148 valence electrons. The van der Waals surface area contributed by atoms with Crippen LogP contribution in [0.15, 0.2) is 24.3 Å². The highest BCUT2D eigenvalue weighted by atomic mass is 32.1. The number of fused-ring (bicyclic) bond motifs is 1. The third-order valence-electron chi connectivity index (χ3n) is 4.72. The first-order chi connectivity index (χ1) is 13.4. The minimum Gasteiger partial charge on any atom is -0.368 e. The fraction of sp³-hybridized carbons (Fsp3) is 0.389. The van der Waals surface area contributed by atoms with E-state index in [0.29, 0.717) is 27.8 Å². The first kappa shape index (κ1) is 18.9. The molecule has 0 amide bonds. The Kier molecular flexibility index (Phi) is 5.07. The second-order valence-electron chi connectivity index (χ2n) is 6.79. The first-order valence-corrected chi connectivity index (χ1v) is 9.78. The normalized spacial score (nSPS) is 15.8. The highest BCUT2D eigenvalue weighted by Crippen LogP contribution is 2.33. The second kappa shape index (κ2) is 7.51. The monoisotopic (exact) mass is 408 g/mol. The van der Waals surface area contributed by atoms with Gasteiger partial charge in [0.2, 0.25) is 5.95 Å². The van der Waals surface area contributed by atoms with Crippen LogP contribution in [-0.2, 0) is 12.6 Å². The average molecular weight is 408 g/mol. The Morgan fingerprint density at radius 1 is 1.11 bits per heavy atom. The van der Waals surface area contributed by atoms with Crippen molar-refractivity contribution in [3.05, 3.63) is 34.8 Å². The van der Waals surface area contributed by atoms with Crippen LogP contribution in [0.1, 0.15) is 23.4 Å². The Balaban J connectivity index is 1.59. The Morgan fingerprint density at radius 2 is 1.82 bits per heavy atom. The van der Waals surface area contributed by atoms with Crippen molar-refractivity contribution in [3.63, 3.8) is 0 Å². The molecule has 1 aromatic carbocycles. The maximum absolute atomic E-state index is 12.7. The number of anilines is 3. The molecule has 2 aromatic heterocycles. The Labute approximate surface area is 163 Å². The van der Waals surface area contributed by atoms with Crippen molar-refractivity contribution in [2.45, 2.75) is 25.4 Å². The van der Waals surface area contributed by atoms with E-state index in [9.17, 15) is 13.2 Å². The van der Waals surface area contributed by atoms with E-state index in [1.807, 2.05) is 0 Å². The average Bonchev–Trinajstić information content (AvgIpc) is 3.04. The van der Waals surface area contributed by atoms with E-state index in [1.165, 1.54) is 23.5 Å². The lowest BCUT2D eigenvalue weighted by Gasteiger charge is -2.21. The summed E-state index contributed by atoms with van der Waals surface area (Å²) in [5.41, 5.74) is 6.17. The van der Waals surface area contributed by atoms with E-state index in [4.69, 9.17) is 5.73 Å². The number of nitrogens with one attached hydrogen (secondary N) is 2. The summed E-state index contributed by atoms with van der Waals surface area (Å²) >= 11 is 1.48. The number of benzene rings is 1. The molecular formula is C18H19F3N6S. The number of aromatic nitrogens is 3. The smallest absolute Gasteiger partial charge is 0.368 e. The van der Waals surface area contributed by atoms with E-state index in [0.717, 1.165) is 49.5 Å². The Hall–Kier alpha value is -2.46. The molecule has 4 N–H and O–H groups in total. The molecule has 6 nitrogen and oxygen atoms in total. The molecule has 4 rings (SSSR count). The largest absolute Gasteiger partial charge is 0.416 e. The first-order valence-electron chi connectivity index (χ1n) is 8.96. The number of nitrogens with two attached hydrogens (primary N) is 1. The number of alkyl halides is 3. The summed E-state index contributed by atoms with van der Waals surface area (Å²) in [5.74, 6) is 1.08. The third-order valence-corrected chi connectivity index (χ3v) is 5.69. The summed E-state index contributed by atoms with van der Waals surface area (Å²) in [7, 11) is 0. The summed E-state index contributed by atoms with van der Waals surface area (Å²) in [6.45, 7) is 2.03. The minimum atomic E-state index is -4.37. The molecule has 0 spiro atoms. The molecule has 0 aliphatic carbocycles. The van der Waals surface area contributed by atoms with Crippen molar-refractivity contribution in [3.8, 4) is 0 Å². The van der Waals surface area contributed by atoms with Gasteiger partial charge in [-0.3, -0.25) is 0 Å². The van der Waals surface area contributed by atoms with Gasteiger partial charge in [-0.25, -0.2) is 9.97 Å². The number of hydrogen-bond acceptors (Lipinski definition) is 7. The van der Waals surface area contributed by atoms with Crippen LogP contribution >= 0.6 is 11.3 Å². The van der Waals surface area contributed by atoms with Crippen LogP contribution in [-0.4, -0.2) is 28.0 Å². The molecule has 0 atom stereocenters. The van der Waals surface area contributed by atoms with Crippen LogP contribution in [0.4, 0.5) is 30.6 Å². The van der Waals surface area contributed by atoms with Gasteiger partial charge < -0.3 is 16.4 Å². The predicted molar refractivity (Wildman–Crippen MR) is 104 cm³/mol. The molecule has 0 radical (unpaired) electrons. The fourth-order valence-corrected chi connectivity index (χ4v) is 4.33. The van der Waals surface area contributed by atoms with E-state index in [2.05, 4.69) is 25.6 Å². The van der Waals surface area contributed by atoms with Crippen molar-refractivity contribution in [1.29, 1.82) is 0 Å². The number of halogens is 3. The molecule has 1 aliphatic heterocycles. The van der Waals surface area contributed by atoms with Gasteiger partial charge in [0.25, 0.3) is 0 Å². The van der Waals surface area contributed by atoms with Crippen molar-refractivity contribution in [1.82, 2.24) is 20.3 Å². The molecule has 0 unspecified atom stereocenters. The van der Waals surface area contributed by atoms with Gasteiger partial charge in [-0.15, -0.1) is 0 Å². The molecular weight excluding hydrogens is 389 g/mol. The standard InChI is InChI=1S/C18H19F3N6S/c19-18(20,21)11-1-3-12(4-2-11)24-15-14-16(27-17(22)26-15)28-13(25-14)9-10-5-7-23-8-6-10/h1-4,10,23H,5-9H2,(H3,22,24,26,27). The molecule has 1 aliphatic rings. The fourth-order valence-electron chi connectivity index (χ4n) is 3.27.